The number of benzene rings is 7. The molecular weight excluding hydrogens is 612 g/mol. The molecule has 45 heavy (non-hydrogen) atoms. The standard InChI is InChI=1S/C42H25BrN2/c43-28-20-16-26(17-21-28)27-18-22-29(23-19-27)44-38-14-5-4-11-33(38)36-24-25-37-35-13-7-12-34-31-9-2-1-8-30(31)32-10-3-6-15-39(32)45(40(34)35)42(37)41(36)44/h1-25H. The van der Waals surface area contributed by atoms with Crippen LogP contribution in [0.2, 0.25) is 0 Å². The number of halogens is 1. The third kappa shape index (κ3) is 3.44. The largest absolute Gasteiger partial charge is 0.307 e. The second-order valence-corrected chi connectivity index (χ2v) is 12.8. The molecule has 0 radical (unpaired) electrons. The number of para-hydroxylation sites is 3. The quantitative estimate of drug-likeness (QED) is 0.179. The number of nitrogens with zero attached hydrogens (tertiary/aromatic N) is 2. The number of rotatable bonds is 2. The van der Waals surface area contributed by atoms with Gasteiger partial charge >= 0.3 is 0 Å². The van der Waals surface area contributed by atoms with Crippen LogP contribution in [0, 0.1) is 0 Å². The molecule has 0 amide bonds. The molecule has 0 fully saturated rings. The minimum Gasteiger partial charge on any atom is -0.307 e. The molecule has 1 aliphatic rings. The zero-order chi connectivity index (χ0) is 29.6. The van der Waals surface area contributed by atoms with Crippen LogP contribution in [0.5, 0.6) is 0 Å². The molecule has 0 spiro atoms. The second kappa shape index (κ2) is 9.31. The van der Waals surface area contributed by atoms with Crippen molar-refractivity contribution >= 4 is 59.5 Å². The molecule has 0 bridgehead atoms. The van der Waals surface area contributed by atoms with Crippen molar-refractivity contribution in [3.63, 3.8) is 0 Å². The van der Waals surface area contributed by atoms with Gasteiger partial charge in [-0.3, -0.25) is 0 Å². The maximum absolute atomic E-state index is 3.57. The maximum Gasteiger partial charge on any atom is 0.0789 e. The minimum atomic E-state index is 1.09. The summed E-state index contributed by atoms with van der Waals surface area (Å²) >= 11 is 3.57. The summed E-state index contributed by atoms with van der Waals surface area (Å²) in [4.78, 5) is 0. The molecule has 3 heteroatoms. The van der Waals surface area contributed by atoms with Gasteiger partial charge in [0.25, 0.3) is 0 Å². The summed E-state index contributed by atoms with van der Waals surface area (Å²) in [7, 11) is 0. The number of hydrogen-bond donors (Lipinski definition) is 0. The van der Waals surface area contributed by atoms with E-state index >= 15 is 0 Å². The number of hydrogen-bond acceptors (Lipinski definition) is 0. The van der Waals surface area contributed by atoms with Crippen molar-refractivity contribution in [2.45, 2.75) is 0 Å². The van der Waals surface area contributed by atoms with Gasteiger partial charge in [0.15, 0.2) is 0 Å². The van der Waals surface area contributed by atoms with Crippen molar-refractivity contribution in [2.24, 2.45) is 0 Å². The normalized spacial score (nSPS) is 12.1. The third-order valence-corrected chi connectivity index (χ3v) is 10.1. The first-order valence-electron chi connectivity index (χ1n) is 15.3. The zero-order valence-electron chi connectivity index (χ0n) is 24.2. The Bertz CT molecular complexity index is 2640. The molecule has 10 rings (SSSR count). The van der Waals surface area contributed by atoms with Crippen molar-refractivity contribution < 1.29 is 0 Å². The second-order valence-electron chi connectivity index (χ2n) is 11.9. The van der Waals surface area contributed by atoms with Gasteiger partial charge in [0.2, 0.25) is 0 Å². The Morgan fingerprint density at radius 3 is 1.67 bits per heavy atom. The molecule has 7 aromatic carbocycles. The lowest BCUT2D eigenvalue weighted by Gasteiger charge is -2.15. The predicted octanol–water partition coefficient (Wildman–Crippen LogP) is 12.0. The monoisotopic (exact) mass is 636 g/mol. The van der Waals surface area contributed by atoms with Gasteiger partial charge < -0.3 is 9.13 Å². The third-order valence-electron chi connectivity index (χ3n) is 9.54. The molecule has 0 saturated carbocycles. The number of aromatic nitrogens is 2. The minimum absolute atomic E-state index is 1.09. The molecule has 9 aromatic rings. The van der Waals surface area contributed by atoms with Crippen molar-refractivity contribution in [2.75, 3.05) is 0 Å². The predicted molar refractivity (Wildman–Crippen MR) is 193 cm³/mol. The molecular formula is C42H25BrN2. The van der Waals surface area contributed by atoms with Gasteiger partial charge in [0, 0.05) is 42.8 Å². The Balaban J connectivity index is 1.37. The van der Waals surface area contributed by atoms with Crippen molar-refractivity contribution in [1.29, 1.82) is 0 Å². The van der Waals surface area contributed by atoms with Crippen LogP contribution in [0.25, 0.3) is 88.4 Å². The lowest BCUT2D eigenvalue weighted by Crippen LogP contribution is -1.99. The lowest BCUT2D eigenvalue weighted by atomic mass is 9.94. The van der Waals surface area contributed by atoms with E-state index in [4.69, 9.17) is 0 Å². The van der Waals surface area contributed by atoms with Gasteiger partial charge in [-0.25, -0.2) is 0 Å². The van der Waals surface area contributed by atoms with Crippen LogP contribution < -0.4 is 0 Å². The Morgan fingerprint density at radius 1 is 0.356 bits per heavy atom. The fraction of sp³-hybridized carbons (Fsp3) is 0. The first-order valence-corrected chi connectivity index (χ1v) is 16.1. The molecule has 0 saturated heterocycles. The highest BCUT2D eigenvalue weighted by Gasteiger charge is 2.26. The van der Waals surface area contributed by atoms with Gasteiger partial charge in [0.05, 0.1) is 27.8 Å². The lowest BCUT2D eigenvalue weighted by molar-refractivity contribution is 1.15. The van der Waals surface area contributed by atoms with Gasteiger partial charge in [-0.1, -0.05) is 131 Å². The van der Waals surface area contributed by atoms with Gasteiger partial charge in [-0.15, -0.1) is 0 Å². The fourth-order valence-corrected chi connectivity index (χ4v) is 7.88. The molecule has 0 N–H and O–H groups in total. The van der Waals surface area contributed by atoms with Crippen LogP contribution >= 0.6 is 15.9 Å². The van der Waals surface area contributed by atoms with E-state index in [0.717, 1.165) is 10.2 Å². The average molecular weight is 638 g/mol. The van der Waals surface area contributed by atoms with E-state index < -0.39 is 0 Å². The van der Waals surface area contributed by atoms with Crippen LogP contribution in [-0.2, 0) is 0 Å². The van der Waals surface area contributed by atoms with Crippen LogP contribution in [-0.4, -0.2) is 9.13 Å². The van der Waals surface area contributed by atoms with Crippen LogP contribution in [0.1, 0.15) is 0 Å². The maximum atomic E-state index is 3.57. The molecule has 0 unspecified atom stereocenters. The molecule has 210 valence electrons. The van der Waals surface area contributed by atoms with E-state index in [-0.39, 0.29) is 0 Å². The highest BCUT2D eigenvalue weighted by Crippen LogP contribution is 2.49. The highest BCUT2D eigenvalue weighted by atomic mass is 79.9. The van der Waals surface area contributed by atoms with Crippen LogP contribution in [0.15, 0.2) is 156 Å². The molecule has 2 nitrogen and oxygen atoms in total. The van der Waals surface area contributed by atoms with Crippen molar-refractivity contribution in [1.82, 2.24) is 9.13 Å². The molecule has 0 atom stereocenters. The molecule has 0 aliphatic carbocycles. The summed E-state index contributed by atoms with van der Waals surface area (Å²) in [5.41, 5.74) is 14.8. The first-order chi connectivity index (χ1) is 22.3. The van der Waals surface area contributed by atoms with Crippen molar-refractivity contribution in [3.8, 4) is 44.8 Å². The molecule has 2 aromatic heterocycles. The highest BCUT2D eigenvalue weighted by molar-refractivity contribution is 9.10. The summed E-state index contributed by atoms with van der Waals surface area (Å²) in [6.45, 7) is 0. The zero-order valence-corrected chi connectivity index (χ0v) is 25.8. The van der Waals surface area contributed by atoms with E-state index in [9.17, 15) is 0 Å². The summed E-state index contributed by atoms with van der Waals surface area (Å²) in [5.74, 6) is 0. The topological polar surface area (TPSA) is 9.86 Å². The van der Waals surface area contributed by atoms with E-state index in [1.165, 1.54) is 82.7 Å². The van der Waals surface area contributed by atoms with Crippen molar-refractivity contribution in [3.05, 3.63) is 156 Å². The van der Waals surface area contributed by atoms with Gasteiger partial charge in [0.1, 0.15) is 0 Å². The smallest absolute Gasteiger partial charge is 0.0789 e. The van der Waals surface area contributed by atoms with E-state index in [1.807, 2.05) is 0 Å². The molecule has 1 aliphatic heterocycles. The fourth-order valence-electron chi connectivity index (χ4n) is 7.62. The van der Waals surface area contributed by atoms with Crippen LogP contribution in [0.3, 0.4) is 0 Å². The first kappa shape index (κ1) is 25.0. The van der Waals surface area contributed by atoms with E-state index in [2.05, 4.69) is 177 Å². The van der Waals surface area contributed by atoms with Gasteiger partial charge in [-0.2, -0.15) is 0 Å². The molecule has 3 heterocycles. The summed E-state index contributed by atoms with van der Waals surface area (Å²) in [6.07, 6.45) is 0. The Hall–Kier alpha value is -5.38. The van der Waals surface area contributed by atoms with E-state index in [0.29, 0.717) is 0 Å². The summed E-state index contributed by atoms with van der Waals surface area (Å²) in [5, 5.41) is 5.06. The Labute approximate surface area is 268 Å². The SMILES string of the molecule is Brc1ccc(-c2ccc(-n3c4ccccc4c4ccc5c6cccc7c6n(c5c43)-c3ccccc3-c3ccccc3-7)cc2)cc1. The number of fused-ring (bicyclic) bond motifs is 12. The summed E-state index contributed by atoms with van der Waals surface area (Å²) in [6, 6.07) is 55.6. The Kier molecular flexibility index (Phi) is 5.17. The summed E-state index contributed by atoms with van der Waals surface area (Å²) < 4.78 is 6.11. The van der Waals surface area contributed by atoms with E-state index in [1.54, 1.807) is 0 Å². The average Bonchev–Trinajstić information content (AvgIpc) is 3.58. The Morgan fingerprint density at radius 2 is 0.889 bits per heavy atom. The van der Waals surface area contributed by atoms with Crippen LogP contribution in [0.4, 0.5) is 0 Å². The van der Waals surface area contributed by atoms with Gasteiger partial charge in [-0.05, 0) is 58.7 Å².